The van der Waals surface area contributed by atoms with Crippen LogP contribution in [0.4, 0.5) is 52.7 Å². The highest BCUT2D eigenvalue weighted by Crippen LogP contribution is 2.61. The van der Waals surface area contributed by atoms with Crippen molar-refractivity contribution >= 4 is 0 Å². The van der Waals surface area contributed by atoms with Crippen LogP contribution < -0.4 is 0 Å². The quantitative estimate of drug-likeness (QED) is 0.361. The molecule has 0 N–H and O–H groups in total. The van der Waals surface area contributed by atoms with Crippen LogP contribution in [0.1, 0.15) is 40.5 Å². The van der Waals surface area contributed by atoms with Crippen LogP contribution in [0.3, 0.4) is 0 Å². The molecule has 0 aliphatic heterocycles. The van der Waals surface area contributed by atoms with Crippen molar-refractivity contribution in [3.8, 4) is 0 Å². The molecule has 26 heavy (non-hydrogen) atoms. The van der Waals surface area contributed by atoms with Crippen LogP contribution in [0.2, 0.25) is 0 Å². The second-order valence-corrected chi connectivity index (χ2v) is 6.90. The van der Waals surface area contributed by atoms with Crippen molar-refractivity contribution in [1.29, 1.82) is 0 Å². The van der Waals surface area contributed by atoms with E-state index in [4.69, 9.17) is 0 Å². The van der Waals surface area contributed by atoms with E-state index in [1.54, 1.807) is 0 Å². The first-order chi connectivity index (χ1) is 11.1. The molecule has 12 heteroatoms. The fourth-order valence-electron chi connectivity index (χ4n) is 2.14. The summed E-state index contributed by atoms with van der Waals surface area (Å²) in [5.41, 5.74) is 0. The lowest BCUT2D eigenvalue weighted by molar-refractivity contribution is -0.426. The van der Waals surface area contributed by atoms with Gasteiger partial charge in [-0.3, -0.25) is 0 Å². The van der Waals surface area contributed by atoms with Gasteiger partial charge in [-0.2, -0.15) is 52.7 Å². The normalized spacial score (nSPS) is 15.9. The standard InChI is InChI=1S/C14H18F12/c1-7(2)5-9(15,16)11(19,20)13(23,24)14(25,26)12(21,22)10(17,18)6-8(3)4/h7-8H,5-6H2,1-4H3. The van der Waals surface area contributed by atoms with Crippen LogP contribution in [-0.2, 0) is 0 Å². The van der Waals surface area contributed by atoms with Crippen molar-refractivity contribution in [2.24, 2.45) is 11.8 Å². The Kier molecular flexibility index (Phi) is 6.73. The molecule has 0 fully saturated rings. The van der Waals surface area contributed by atoms with E-state index in [2.05, 4.69) is 0 Å². The first-order valence-electron chi connectivity index (χ1n) is 7.35. The first-order valence-corrected chi connectivity index (χ1v) is 7.35. The zero-order valence-electron chi connectivity index (χ0n) is 14.1. The summed E-state index contributed by atoms with van der Waals surface area (Å²) in [6, 6.07) is 0. The molecule has 0 aliphatic carbocycles. The maximum Gasteiger partial charge on any atom is 0.384 e. The summed E-state index contributed by atoms with van der Waals surface area (Å²) < 4.78 is 161. The van der Waals surface area contributed by atoms with E-state index in [0.29, 0.717) is 0 Å². The fourth-order valence-corrected chi connectivity index (χ4v) is 2.14. The van der Waals surface area contributed by atoms with Crippen molar-refractivity contribution in [2.45, 2.75) is 76.1 Å². The highest BCUT2D eigenvalue weighted by Gasteiger charge is 2.89. The smallest absolute Gasteiger partial charge is 0.200 e. The molecule has 0 nitrogen and oxygen atoms in total. The average Bonchev–Trinajstić information content (AvgIpc) is 2.34. The number of rotatable bonds is 9. The van der Waals surface area contributed by atoms with E-state index >= 15 is 0 Å². The molecule has 0 aromatic heterocycles. The van der Waals surface area contributed by atoms with Crippen LogP contribution in [0.25, 0.3) is 0 Å². The number of halogens is 12. The van der Waals surface area contributed by atoms with Crippen molar-refractivity contribution in [3.05, 3.63) is 0 Å². The molecule has 0 rings (SSSR count). The van der Waals surface area contributed by atoms with E-state index < -0.39 is 60.2 Å². The second kappa shape index (κ2) is 6.96. The van der Waals surface area contributed by atoms with Gasteiger partial charge >= 0.3 is 35.5 Å². The van der Waals surface area contributed by atoms with Gasteiger partial charge in [-0.05, 0) is 11.8 Å². The predicted octanol–water partition coefficient (Wildman–Crippen LogP) is 6.89. The topological polar surface area (TPSA) is 0 Å². The molecule has 0 radical (unpaired) electrons. The van der Waals surface area contributed by atoms with Crippen LogP contribution in [0.15, 0.2) is 0 Å². The molecule has 0 unspecified atom stereocenters. The fraction of sp³-hybridized carbons (Fsp3) is 1.00. The Morgan fingerprint density at radius 1 is 0.423 bits per heavy atom. The minimum absolute atomic E-state index is 0.853. The van der Waals surface area contributed by atoms with Crippen molar-refractivity contribution in [2.75, 3.05) is 0 Å². The molecule has 0 heterocycles. The van der Waals surface area contributed by atoms with Gasteiger partial charge in [0.1, 0.15) is 0 Å². The highest BCUT2D eigenvalue weighted by molar-refractivity contribution is 5.11. The largest absolute Gasteiger partial charge is 0.384 e. The third-order valence-electron chi connectivity index (χ3n) is 3.43. The molecule has 0 aliphatic rings. The Morgan fingerprint density at radius 3 is 0.769 bits per heavy atom. The molecule has 0 spiro atoms. The average molecular weight is 414 g/mol. The molecule has 0 aromatic carbocycles. The van der Waals surface area contributed by atoms with Crippen molar-refractivity contribution in [1.82, 2.24) is 0 Å². The number of hydrogen-bond donors (Lipinski definition) is 0. The summed E-state index contributed by atoms with van der Waals surface area (Å²) in [4.78, 5) is 0. The maximum absolute atomic E-state index is 13.5. The zero-order chi connectivity index (χ0) is 21.6. The van der Waals surface area contributed by atoms with Crippen molar-refractivity contribution in [3.63, 3.8) is 0 Å². The van der Waals surface area contributed by atoms with Crippen LogP contribution in [-0.4, -0.2) is 35.5 Å². The van der Waals surface area contributed by atoms with Gasteiger partial charge in [0.15, 0.2) is 0 Å². The molecule has 0 saturated heterocycles. The molecular weight excluding hydrogens is 396 g/mol. The van der Waals surface area contributed by atoms with Gasteiger partial charge in [0.2, 0.25) is 0 Å². The zero-order valence-corrected chi connectivity index (χ0v) is 14.1. The predicted molar refractivity (Wildman–Crippen MR) is 68.6 cm³/mol. The highest BCUT2D eigenvalue weighted by atomic mass is 19.4. The van der Waals surface area contributed by atoms with Gasteiger partial charge in [-0.15, -0.1) is 0 Å². The third-order valence-corrected chi connectivity index (χ3v) is 3.43. The van der Waals surface area contributed by atoms with Gasteiger partial charge in [-0.25, -0.2) is 0 Å². The van der Waals surface area contributed by atoms with E-state index in [-0.39, 0.29) is 0 Å². The van der Waals surface area contributed by atoms with Gasteiger partial charge in [-0.1, -0.05) is 27.7 Å². The Hall–Kier alpha value is -0.840. The van der Waals surface area contributed by atoms with Gasteiger partial charge in [0.05, 0.1) is 0 Å². The number of alkyl halides is 12. The minimum Gasteiger partial charge on any atom is -0.200 e. The van der Waals surface area contributed by atoms with Crippen LogP contribution in [0.5, 0.6) is 0 Å². The first kappa shape index (κ1) is 25.2. The Bertz CT molecular complexity index is 434. The SMILES string of the molecule is CC(C)CC(F)(F)C(F)(F)C(F)(F)C(F)(F)C(F)(F)C(F)(F)CC(C)C. The molecule has 0 saturated carbocycles. The number of hydrogen-bond acceptors (Lipinski definition) is 0. The molecule has 158 valence electrons. The summed E-state index contributed by atoms with van der Waals surface area (Å²) in [5.74, 6) is -43.5. The molecule has 0 bridgehead atoms. The minimum atomic E-state index is -7.46. The third kappa shape index (κ3) is 3.88. The van der Waals surface area contributed by atoms with Gasteiger partial charge in [0, 0.05) is 12.8 Å². The Labute approximate surface area is 141 Å². The van der Waals surface area contributed by atoms with Crippen molar-refractivity contribution < 1.29 is 52.7 Å². The lowest BCUT2D eigenvalue weighted by atomic mass is 9.86. The van der Waals surface area contributed by atoms with Gasteiger partial charge in [0.25, 0.3) is 0 Å². The van der Waals surface area contributed by atoms with Crippen LogP contribution in [0, 0.1) is 11.8 Å². The van der Waals surface area contributed by atoms with E-state index in [1.165, 1.54) is 0 Å². The Morgan fingerprint density at radius 2 is 0.615 bits per heavy atom. The monoisotopic (exact) mass is 414 g/mol. The summed E-state index contributed by atoms with van der Waals surface area (Å²) >= 11 is 0. The summed E-state index contributed by atoms with van der Waals surface area (Å²) in [7, 11) is 0. The molecule has 0 aromatic rings. The molecular formula is C14H18F12. The lowest BCUT2D eigenvalue weighted by Gasteiger charge is -2.42. The van der Waals surface area contributed by atoms with Crippen LogP contribution >= 0.6 is 0 Å². The molecule has 0 amide bonds. The Balaban J connectivity index is 6.23. The lowest BCUT2D eigenvalue weighted by Crippen LogP contribution is -2.70. The van der Waals surface area contributed by atoms with Gasteiger partial charge < -0.3 is 0 Å². The maximum atomic E-state index is 13.5. The molecule has 0 atom stereocenters. The van der Waals surface area contributed by atoms with E-state index in [1.807, 2.05) is 0 Å². The van der Waals surface area contributed by atoms with E-state index in [9.17, 15) is 52.7 Å². The summed E-state index contributed by atoms with van der Waals surface area (Å²) in [6.07, 6.45) is -4.11. The second-order valence-electron chi connectivity index (χ2n) is 6.90. The summed E-state index contributed by atoms with van der Waals surface area (Å²) in [6.45, 7) is 3.41. The van der Waals surface area contributed by atoms with E-state index in [0.717, 1.165) is 27.7 Å². The summed E-state index contributed by atoms with van der Waals surface area (Å²) in [5, 5.41) is 0.